The molecule has 0 bridgehead atoms. The van der Waals surface area contributed by atoms with E-state index >= 15 is 0 Å². The number of nitro groups is 1. The molecule has 0 aromatic heterocycles. The Hall–Kier alpha value is -3.30. The Kier molecular flexibility index (Phi) is 5.11. The molecule has 1 aliphatic heterocycles. The van der Waals surface area contributed by atoms with Gasteiger partial charge in [0.05, 0.1) is 10.5 Å². The first-order valence-electron chi connectivity index (χ1n) is 7.38. The summed E-state index contributed by atoms with van der Waals surface area (Å²) < 4.78 is 4.87. The lowest BCUT2D eigenvalue weighted by Crippen LogP contribution is -2.40. The Morgan fingerprint density at radius 1 is 1.32 bits per heavy atom. The number of fused-ring (bicyclic) bond motifs is 1. The maximum absolute atomic E-state index is 12.3. The van der Waals surface area contributed by atoms with Crippen LogP contribution in [-0.4, -0.2) is 52.7 Å². The van der Waals surface area contributed by atoms with E-state index in [0.29, 0.717) is 11.4 Å². The molecule has 1 N–H and O–H groups in total. The summed E-state index contributed by atoms with van der Waals surface area (Å²) in [4.78, 5) is 58.8. The van der Waals surface area contributed by atoms with E-state index in [0.717, 1.165) is 6.07 Å². The van der Waals surface area contributed by atoms with Crippen LogP contribution in [0.3, 0.4) is 0 Å². The Morgan fingerprint density at radius 2 is 2.00 bits per heavy atom. The van der Waals surface area contributed by atoms with E-state index < -0.39 is 47.0 Å². The molecule has 0 fully saturated rings. The van der Waals surface area contributed by atoms with Crippen LogP contribution >= 0.6 is 0 Å². The summed E-state index contributed by atoms with van der Waals surface area (Å²) in [5.41, 5.74) is -1.02. The van der Waals surface area contributed by atoms with E-state index in [9.17, 15) is 29.3 Å². The lowest BCUT2D eigenvalue weighted by atomic mass is 10.1. The van der Waals surface area contributed by atoms with Gasteiger partial charge in [0.2, 0.25) is 0 Å². The van der Waals surface area contributed by atoms with Gasteiger partial charge in [-0.05, 0) is 19.9 Å². The quantitative estimate of drug-likeness (QED) is 0.337. The molecule has 1 aromatic carbocycles. The Morgan fingerprint density at radius 3 is 2.60 bits per heavy atom. The number of ether oxygens (including phenoxy) is 1. The maximum Gasteiger partial charge on any atom is 0.326 e. The minimum absolute atomic E-state index is 0.149. The van der Waals surface area contributed by atoms with E-state index in [2.05, 4.69) is 5.32 Å². The van der Waals surface area contributed by atoms with Crippen molar-refractivity contribution >= 4 is 29.4 Å². The third kappa shape index (κ3) is 3.47. The molecule has 1 heterocycles. The van der Waals surface area contributed by atoms with Gasteiger partial charge in [-0.3, -0.25) is 34.2 Å². The van der Waals surface area contributed by atoms with Gasteiger partial charge in [0.1, 0.15) is 12.1 Å². The first-order valence-corrected chi connectivity index (χ1v) is 7.38. The van der Waals surface area contributed by atoms with Crippen LogP contribution in [0.1, 0.15) is 34.6 Å². The van der Waals surface area contributed by atoms with Gasteiger partial charge < -0.3 is 10.1 Å². The summed E-state index contributed by atoms with van der Waals surface area (Å²) in [5, 5.41) is 13.5. The molecule has 25 heavy (non-hydrogen) atoms. The number of amides is 3. The second-order valence-corrected chi connectivity index (χ2v) is 5.18. The second kappa shape index (κ2) is 7.07. The molecule has 10 nitrogen and oxygen atoms in total. The highest BCUT2D eigenvalue weighted by molar-refractivity contribution is 6.24. The number of nitrogens with zero attached hydrogens (tertiary/aromatic N) is 2. The molecule has 0 unspecified atom stereocenters. The van der Waals surface area contributed by atoms with Crippen molar-refractivity contribution in [2.45, 2.75) is 20.0 Å². The van der Waals surface area contributed by atoms with Crippen molar-refractivity contribution in [3.05, 3.63) is 39.4 Å². The Bertz CT molecular complexity index is 774. The fraction of sp³-hybridized carbons (Fsp3) is 0.333. The molecule has 3 amide bonds. The van der Waals surface area contributed by atoms with E-state index in [4.69, 9.17) is 4.74 Å². The third-order valence-electron chi connectivity index (χ3n) is 3.49. The van der Waals surface area contributed by atoms with Crippen LogP contribution < -0.4 is 5.32 Å². The number of likely N-dealkylation sites (N-methyl/N-ethyl adjacent to an activating group) is 1. The standard InChI is InChI=1S/C15H15N3O7/c1-3-16-13(20)8(2)25-11(19)7-17-14(21)9-5-4-6-10(18(23)24)12(9)15(17)22/h4-6,8H,3,7H2,1-2H3,(H,16,20)/t8-/m1/s1. The fourth-order valence-corrected chi connectivity index (χ4v) is 2.35. The van der Waals surface area contributed by atoms with Crippen molar-refractivity contribution in [1.29, 1.82) is 0 Å². The van der Waals surface area contributed by atoms with Crippen molar-refractivity contribution in [3.8, 4) is 0 Å². The predicted octanol–water partition coefficient (Wildman–Crippen LogP) is 0.259. The first-order chi connectivity index (χ1) is 11.8. The zero-order chi connectivity index (χ0) is 18.7. The zero-order valence-electron chi connectivity index (χ0n) is 13.5. The van der Waals surface area contributed by atoms with Gasteiger partial charge in [0, 0.05) is 12.6 Å². The predicted molar refractivity (Wildman–Crippen MR) is 82.7 cm³/mol. The van der Waals surface area contributed by atoms with Gasteiger partial charge in [0.25, 0.3) is 23.4 Å². The van der Waals surface area contributed by atoms with E-state index in [1.165, 1.54) is 19.1 Å². The van der Waals surface area contributed by atoms with Crippen molar-refractivity contribution in [1.82, 2.24) is 10.2 Å². The Balaban J connectivity index is 2.15. The summed E-state index contributed by atoms with van der Waals surface area (Å²) in [7, 11) is 0. The van der Waals surface area contributed by atoms with Crippen LogP contribution in [0.2, 0.25) is 0 Å². The summed E-state index contributed by atoms with van der Waals surface area (Å²) in [6.45, 7) is 2.64. The summed E-state index contributed by atoms with van der Waals surface area (Å²) in [6, 6.07) is 3.65. The van der Waals surface area contributed by atoms with Gasteiger partial charge in [-0.15, -0.1) is 0 Å². The number of esters is 1. The SMILES string of the molecule is CCNC(=O)[C@@H](C)OC(=O)CN1C(=O)c2cccc([N+](=O)[O-])c2C1=O. The number of rotatable bonds is 6. The first kappa shape index (κ1) is 18.0. The van der Waals surface area contributed by atoms with Gasteiger partial charge >= 0.3 is 5.97 Å². The monoisotopic (exact) mass is 349 g/mol. The summed E-state index contributed by atoms with van der Waals surface area (Å²) in [6.07, 6.45) is -1.10. The molecule has 0 saturated heterocycles. The lowest BCUT2D eigenvalue weighted by molar-refractivity contribution is -0.385. The van der Waals surface area contributed by atoms with Crippen LogP contribution in [0, 0.1) is 10.1 Å². The van der Waals surface area contributed by atoms with Crippen LogP contribution in [-0.2, 0) is 14.3 Å². The molecule has 0 spiro atoms. The molecule has 2 rings (SSSR count). The van der Waals surface area contributed by atoms with Gasteiger partial charge in [-0.25, -0.2) is 0 Å². The number of imide groups is 1. The Labute approximate surface area is 141 Å². The van der Waals surface area contributed by atoms with E-state index in [-0.39, 0.29) is 11.1 Å². The topological polar surface area (TPSA) is 136 Å². The molecule has 0 aliphatic carbocycles. The van der Waals surface area contributed by atoms with Crippen molar-refractivity contribution < 1.29 is 28.8 Å². The number of benzene rings is 1. The fourth-order valence-electron chi connectivity index (χ4n) is 2.35. The van der Waals surface area contributed by atoms with Crippen molar-refractivity contribution in [2.24, 2.45) is 0 Å². The number of nitro benzene ring substituents is 1. The molecular formula is C15H15N3O7. The number of hydrogen-bond donors (Lipinski definition) is 1. The van der Waals surface area contributed by atoms with Gasteiger partial charge in [-0.2, -0.15) is 0 Å². The van der Waals surface area contributed by atoms with E-state index in [1.54, 1.807) is 6.92 Å². The third-order valence-corrected chi connectivity index (χ3v) is 3.49. The van der Waals surface area contributed by atoms with E-state index in [1.807, 2.05) is 0 Å². The molecule has 1 aromatic rings. The molecular weight excluding hydrogens is 334 g/mol. The molecule has 10 heteroatoms. The smallest absolute Gasteiger partial charge is 0.326 e. The van der Waals surface area contributed by atoms with Crippen LogP contribution in [0.25, 0.3) is 0 Å². The maximum atomic E-state index is 12.3. The normalized spacial score (nSPS) is 14.1. The minimum atomic E-state index is -1.10. The summed E-state index contributed by atoms with van der Waals surface area (Å²) in [5.74, 6) is -3.27. The lowest BCUT2D eigenvalue weighted by Gasteiger charge is -2.16. The van der Waals surface area contributed by atoms with Gasteiger partial charge in [0.15, 0.2) is 6.10 Å². The average molecular weight is 349 g/mol. The second-order valence-electron chi connectivity index (χ2n) is 5.18. The minimum Gasteiger partial charge on any atom is -0.451 e. The molecule has 132 valence electrons. The number of hydrogen-bond acceptors (Lipinski definition) is 7. The highest BCUT2D eigenvalue weighted by atomic mass is 16.6. The average Bonchev–Trinajstić information content (AvgIpc) is 2.80. The van der Waals surface area contributed by atoms with Crippen LogP contribution in [0.4, 0.5) is 5.69 Å². The molecule has 0 radical (unpaired) electrons. The van der Waals surface area contributed by atoms with Crippen LogP contribution in [0.5, 0.6) is 0 Å². The molecule has 1 aliphatic rings. The zero-order valence-corrected chi connectivity index (χ0v) is 13.5. The molecule has 0 saturated carbocycles. The largest absolute Gasteiger partial charge is 0.451 e. The van der Waals surface area contributed by atoms with Gasteiger partial charge in [-0.1, -0.05) is 6.07 Å². The highest BCUT2D eigenvalue weighted by Crippen LogP contribution is 2.30. The molecule has 1 atom stereocenters. The van der Waals surface area contributed by atoms with Crippen LogP contribution in [0.15, 0.2) is 18.2 Å². The highest BCUT2D eigenvalue weighted by Gasteiger charge is 2.42. The number of carbonyl (C=O) groups excluding carboxylic acids is 4. The number of carbonyl (C=O) groups is 4. The summed E-state index contributed by atoms with van der Waals surface area (Å²) >= 11 is 0. The number of nitrogens with one attached hydrogen (secondary N) is 1. The van der Waals surface area contributed by atoms with Crippen molar-refractivity contribution in [3.63, 3.8) is 0 Å². The van der Waals surface area contributed by atoms with Crippen molar-refractivity contribution in [2.75, 3.05) is 13.1 Å².